The van der Waals surface area contributed by atoms with Crippen molar-refractivity contribution in [2.24, 2.45) is 0 Å². The Balaban J connectivity index is 1.73. The first-order valence-electron chi connectivity index (χ1n) is 7.63. The molecule has 1 amide bonds. The standard InChI is InChI=1S/C17H8BrClF5N3O2/c18-7-1-2-10(8(19)5-7)29-6-27-4-3-9(26-27)17(28)25-16-14(23)12(21)11(20)13(22)15(16)24/h1-5H,6H2,(H,25,28). The zero-order valence-electron chi connectivity index (χ0n) is 14.0. The molecule has 0 fully saturated rings. The monoisotopic (exact) mass is 495 g/mol. The Hall–Kier alpha value is -2.66. The van der Waals surface area contributed by atoms with Gasteiger partial charge in [-0.05, 0) is 24.3 Å². The highest BCUT2D eigenvalue weighted by atomic mass is 79.9. The van der Waals surface area contributed by atoms with Gasteiger partial charge in [-0.1, -0.05) is 27.5 Å². The van der Waals surface area contributed by atoms with E-state index >= 15 is 0 Å². The van der Waals surface area contributed by atoms with E-state index in [0.29, 0.717) is 10.8 Å². The maximum absolute atomic E-state index is 13.7. The van der Waals surface area contributed by atoms with Crippen LogP contribution < -0.4 is 10.1 Å². The van der Waals surface area contributed by atoms with Gasteiger partial charge in [0, 0.05) is 10.7 Å². The molecule has 12 heteroatoms. The fourth-order valence-corrected chi connectivity index (χ4v) is 2.90. The first kappa shape index (κ1) is 21.1. The minimum absolute atomic E-state index is 0.169. The molecule has 3 aromatic rings. The lowest BCUT2D eigenvalue weighted by Crippen LogP contribution is -2.18. The van der Waals surface area contributed by atoms with Gasteiger partial charge < -0.3 is 10.1 Å². The van der Waals surface area contributed by atoms with Crippen molar-refractivity contribution in [3.05, 3.63) is 74.7 Å². The molecule has 3 rings (SSSR count). The molecule has 1 N–H and O–H groups in total. The third kappa shape index (κ3) is 4.35. The number of hydrogen-bond acceptors (Lipinski definition) is 3. The fourth-order valence-electron chi connectivity index (χ4n) is 2.17. The zero-order valence-corrected chi connectivity index (χ0v) is 16.3. The van der Waals surface area contributed by atoms with Crippen molar-refractivity contribution in [2.75, 3.05) is 5.32 Å². The van der Waals surface area contributed by atoms with Crippen LogP contribution in [0, 0.1) is 29.1 Å². The van der Waals surface area contributed by atoms with E-state index in [4.69, 9.17) is 16.3 Å². The Morgan fingerprint density at radius 2 is 1.69 bits per heavy atom. The predicted molar refractivity (Wildman–Crippen MR) is 96.2 cm³/mol. The summed E-state index contributed by atoms with van der Waals surface area (Å²) < 4.78 is 74.1. The summed E-state index contributed by atoms with van der Waals surface area (Å²) in [5, 5.41) is 5.75. The lowest BCUT2D eigenvalue weighted by atomic mass is 10.2. The molecule has 0 aliphatic carbocycles. The van der Waals surface area contributed by atoms with Gasteiger partial charge in [0.05, 0.1) is 5.02 Å². The molecule has 0 aliphatic rings. The number of rotatable bonds is 5. The van der Waals surface area contributed by atoms with Crippen molar-refractivity contribution in [3.63, 3.8) is 0 Å². The SMILES string of the molecule is O=C(Nc1c(F)c(F)c(F)c(F)c1F)c1ccn(COc2ccc(Br)cc2Cl)n1. The van der Waals surface area contributed by atoms with E-state index in [0.717, 1.165) is 15.2 Å². The summed E-state index contributed by atoms with van der Waals surface area (Å²) in [5.74, 6) is -11.9. The summed E-state index contributed by atoms with van der Waals surface area (Å²) in [7, 11) is 0. The van der Waals surface area contributed by atoms with Crippen LogP contribution in [0.5, 0.6) is 5.75 Å². The van der Waals surface area contributed by atoms with Crippen LogP contribution in [0.2, 0.25) is 5.02 Å². The average Bonchev–Trinajstić information content (AvgIpc) is 3.16. The average molecular weight is 497 g/mol. The van der Waals surface area contributed by atoms with Crippen LogP contribution in [0.25, 0.3) is 0 Å². The number of carbonyl (C=O) groups excluding carboxylic acids is 1. The predicted octanol–water partition coefficient (Wildman–Crippen LogP) is 5.28. The van der Waals surface area contributed by atoms with Gasteiger partial charge >= 0.3 is 0 Å². The third-order valence-corrected chi connectivity index (χ3v) is 4.36. The maximum atomic E-state index is 13.7. The number of halogens is 7. The van der Waals surface area contributed by atoms with E-state index in [2.05, 4.69) is 21.0 Å². The van der Waals surface area contributed by atoms with E-state index in [1.165, 1.54) is 6.20 Å². The van der Waals surface area contributed by atoms with Crippen LogP contribution in [-0.2, 0) is 6.73 Å². The number of amides is 1. The topological polar surface area (TPSA) is 56.2 Å². The van der Waals surface area contributed by atoms with E-state index in [-0.39, 0.29) is 12.4 Å². The van der Waals surface area contributed by atoms with Gasteiger partial charge in [0.25, 0.3) is 5.91 Å². The smallest absolute Gasteiger partial charge is 0.276 e. The minimum Gasteiger partial charge on any atom is -0.470 e. The second kappa shape index (κ2) is 8.37. The molecule has 2 aromatic carbocycles. The lowest BCUT2D eigenvalue weighted by Gasteiger charge is -2.09. The molecule has 0 atom stereocenters. The molecule has 0 spiro atoms. The van der Waals surface area contributed by atoms with E-state index in [1.54, 1.807) is 23.5 Å². The van der Waals surface area contributed by atoms with Crippen molar-refractivity contribution in [3.8, 4) is 5.75 Å². The van der Waals surface area contributed by atoms with Gasteiger partial charge in [0.1, 0.15) is 11.4 Å². The number of anilines is 1. The van der Waals surface area contributed by atoms with Crippen molar-refractivity contribution < 1.29 is 31.5 Å². The Morgan fingerprint density at radius 3 is 2.31 bits per heavy atom. The molecule has 5 nitrogen and oxygen atoms in total. The molecular weight excluding hydrogens is 489 g/mol. The maximum Gasteiger partial charge on any atom is 0.276 e. The summed E-state index contributed by atoms with van der Waals surface area (Å²) >= 11 is 9.24. The van der Waals surface area contributed by atoms with Crippen LogP contribution >= 0.6 is 27.5 Å². The van der Waals surface area contributed by atoms with Gasteiger partial charge in [-0.2, -0.15) is 5.10 Å². The first-order chi connectivity index (χ1) is 13.7. The Bertz CT molecular complexity index is 1080. The molecule has 29 heavy (non-hydrogen) atoms. The summed E-state index contributed by atoms with van der Waals surface area (Å²) in [6.45, 7) is -0.169. The van der Waals surface area contributed by atoms with Crippen LogP contribution in [0.4, 0.5) is 27.6 Å². The zero-order chi connectivity index (χ0) is 21.3. The first-order valence-corrected chi connectivity index (χ1v) is 8.80. The van der Waals surface area contributed by atoms with Crippen molar-refractivity contribution in [1.82, 2.24) is 9.78 Å². The van der Waals surface area contributed by atoms with Crippen LogP contribution in [0.3, 0.4) is 0 Å². The number of aromatic nitrogens is 2. The molecule has 152 valence electrons. The van der Waals surface area contributed by atoms with E-state index in [9.17, 15) is 26.7 Å². The van der Waals surface area contributed by atoms with E-state index < -0.39 is 40.7 Å². The highest BCUT2D eigenvalue weighted by molar-refractivity contribution is 9.10. The number of hydrogen-bond donors (Lipinski definition) is 1. The van der Waals surface area contributed by atoms with E-state index in [1.807, 2.05) is 0 Å². The Morgan fingerprint density at radius 1 is 1.07 bits per heavy atom. The molecule has 1 aromatic heterocycles. The number of benzene rings is 2. The second-order valence-electron chi connectivity index (χ2n) is 5.49. The lowest BCUT2D eigenvalue weighted by molar-refractivity contribution is 0.101. The number of nitrogens with zero attached hydrogens (tertiary/aromatic N) is 2. The highest BCUT2D eigenvalue weighted by Crippen LogP contribution is 2.28. The summed E-state index contributed by atoms with van der Waals surface area (Å²) in [5.41, 5.74) is -1.82. The molecule has 0 radical (unpaired) electrons. The molecule has 0 saturated heterocycles. The van der Waals surface area contributed by atoms with Crippen LogP contribution in [-0.4, -0.2) is 15.7 Å². The molecule has 0 saturated carbocycles. The van der Waals surface area contributed by atoms with Crippen LogP contribution in [0.15, 0.2) is 34.9 Å². The minimum atomic E-state index is -2.33. The molecule has 0 unspecified atom stereocenters. The Labute approximate surface area is 173 Å². The molecule has 0 bridgehead atoms. The number of ether oxygens (including phenoxy) is 1. The third-order valence-electron chi connectivity index (χ3n) is 3.57. The largest absolute Gasteiger partial charge is 0.470 e. The van der Waals surface area contributed by atoms with Gasteiger partial charge in [-0.25, -0.2) is 26.6 Å². The molecule has 0 aliphatic heterocycles. The van der Waals surface area contributed by atoms with Crippen molar-refractivity contribution in [2.45, 2.75) is 6.73 Å². The summed E-state index contributed by atoms with van der Waals surface area (Å²) in [6, 6.07) is 6.04. The van der Waals surface area contributed by atoms with Gasteiger partial charge in [0.15, 0.2) is 35.7 Å². The quantitative estimate of drug-likeness (QED) is 0.297. The fraction of sp³-hybridized carbons (Fsp3) is 0.0588. The number of carbonyl (C=O) groups is 1. The molecule has 1 heterocycles. The van der Waals surface area contributed by atoms with Crippen molar-refractivity contribution in [1.29, 1.82) is 0 Å². The second-order valence-corrected chi connectivity index (χ2v) is 6.81. The van der Waals surface area contributed by atoms with Gasteiger partial charge in [-0.15, -0.1) is 0 Å². The van der Waals surface area contributed by atoms with Gasteiger partial charge in [-0.3, -0.25) is 4.79 Å². The number of nitrogens with one attached hydrogen (secondary N) is 1. The highest BCUT2D eigenvalue weighted by Gasteiger charge is 2.27. The van der Waals surface area contributed by atoms with Gasteiger partial charge in [0.2, 0.25) is 5.82 Å². The Kier molecular flexibility index (Phi) is 6.08. The summed E-state index contributed by atoms with van der Waals surface area (Å²) in [4.78, 5) is 12.1. The summed E-state index contributed by atoms with van der Waals surface area (Å²) in [6.07, 6.45) is 1.31. The molecular formula is C17H8BrClF5N3O2. The van der Waals surface area contributed by atoms with Crippen LogP contribution in [0.1, 0.15) is 10.5 Å². The normalized spacial score (nSPS) is 10.9. The van der Waals surface area contributed by atoms with Crippen molar-refractivity contribution >= 4 is 39.1 Å².